The summed E-state index contributed by atoms with van der Waals surface area (Å²) in [6, 6.07) is 5.15. The average Bonchev–Trinajstić information content (AvgIpc) is 3.42. The molecule has 1 amide bonds. The van der Waals surface area contributed by atoms with Crippen LogP contribution < -0.4 is 15.4 Å². The number of carboxylic acids is 1. The molecule has 2 atom stereocenters. The second kappa shape index (κ2) is 11.6. The van der Waals surface area contributed by atoms with Gasteiger partial charge in [0, 0.05) is 29.2 Å². The number of carbonyl (C=O) groups excluding carboxylic acids is 1. The van der Waals surface area contributed by atoms with Crippen molar-refractivity contribution >= 4 is 54.0 Å². The van der Waals surface area contributed by atoms with Crippen molar-refractivity contribution in [2.75, 3.05) is 19.6 Å². The fourth-order valence-corrected chi connectivity index (χ4v) is 7.69. The molecule has 0 aromatic carbocycles. The maximum atomic E-state index is 12.6. The molecular weight excluding hydrogens is 508 g/mol. The van der Waals surface area contributed by atoms with E-state index in [0.29, 0.717) is 4.88 Å². The van der Waals surface area contributed by atoms with E-state index in [1.54, 1.807) is 17.4 Å². The molecule has 1 saturated heterocycles. The van der Waals surface area contributed by atoms with Crippen molar-refractivity contribution in [3.05, 3.63) is 46.4 Å². The quantitative estimate of drug-likeness (QED) is 0.296. The highest BCUT2D eigenvalue weighted by molar-refractivity contribution is 7.89. The number of carboxylic acid groups (broad SMARTS) is 1. The van der Waals surface area contributed by atoms with Crippen molar-refractivity contribution in [2.24, 2.45) is 5.92 Å². The van der Waals surface area contributed by atoms with Crippen molar-refractivity contribution < 1.29 is 23.1 Å². The molecule has 0 saturated carbocycles. The lowest BCUT2D eigenvalue weighted by Crippen LogP contribution is -2.48. The normalized spacial score (nSPS) is 17.3. The van der Waals surface area contributed by atoms with E-state index in [-0.39, 0.29) is 11.4 Å². The van der Waals surface area contributed by atoms with E-state index < -0.39 is 27.9 Å². The van der Waals surface area contributed by atoms with Gasteiger partial charge in [-0.2, -0.15) is 4.72 Å². The number of aryl methyl sites for hydroxylation is 1. The monoisotopic (exact) mass is 536 g/mol. The lowest BCUT2D eigenvalue weighted by Gasteiger charge is -2.22. The van der Waals surface area contributed by atoms with Crippen LogP contribution in [-0.4, -0.2) is 56.1 Å². The van der Waals surface area contributed by atoms with Gasteiger partial charge in [0.05, 0.1) is 8.89 Å². The van der Waals surface area contributed by atoms with Gasteiger partial charge in [0.25, 0.3) is 5.91 Å². The van der Waals surface area contributed by atoms with E-state index in [9.17, 15) is 23.1 Å². The number of nitrogens with one attached hydrogen (secondary N) is 3. The molecule has 4 heterocycles. The zero-order valence-corrected chi connectivity index (χ0v) is 21.5. The van der Waals surface area contributed by atoms with E-state index in [4.69, 9.17) is 0 Å². The minimum absolute atomic E-state index is 0.151. The molecule has 9 nitrogen and oxygen atoms in total. The standard InChI is InChI=1S/C23H28N4O5S3/c28-21(26-14-19(22(29)30)27-35(31,32)18-7-3-9-25-13-18)20-11-16-10-17(33-23(16)34-20)6-1-4-15-5-2-8-24-12-15/h3,7,9-11,13,15,19,24,27H,1-2,4-6,8,12,14H2,(H,26,28)(H,29,30). The predicted octanol–water partition coefficient (Wildman–Crippen LogP) is 2.84. The molecule has 0 spiro atoms. The SMILES string of the molecule is O=C(NCC(NS(=O)(=O)c1cccnc1)C(=O)O)c1cc2cc(CCCC3CCCNC3)sc2s1. The number of piperidine rings is 1. The molecule has 0 bridgehead atoms. The number of fused-ring (bicyclic) bond motifs is 1. The van der Waals surface area contributed by atoms with Gasteiger partial charge < -0.3 is 15.7 Å². The van der Waals surface area contributed by atoms with Crippen molar-refractivity contribution in [2.45, 2.75) is 43.0 Å². The highest BCUT2D eigenvalue weighted by Gasteiger charge is 2.26. The van der Waals surface area contributed by atoms with Crippen LogP contribution in [-0.2, 0) is 21.2 Å². The van der Waals surface area contributed by atoms with Gasteiger partial charge in [-0.1, -0.05) is 0 Å². The van der Waals surface area contributed by atoms with Crippen LogP contribution in [0.1, 0.15) is 40.2 Å². The Labute approximate surface area is 212 Å². The van der Waals surface area contributed by atoms with Gasteiger partial charge in [-0.15, -0.1) is 22.7 Å². The van der Waals surface area contributed by atoms with Crippen molar-refractivity contribution in [1.82, 2.24) is 20.3 Å². The second-order valence-corrected chi connectivity index (χ2v) is 12.7. The van der Waals surface area contributed by atoms with Gasteiger partial charge in [0.2, 0.25) is 10.0 Å². The molecule has 4 rings (SSSR count). The Morgan fingerprint density at radius 2 is 2.14 bits per heavy atom. The number of amides is 1. The summed E-state index contributed by atoms with van der Waals surface area (Å²) in [6.07, 6.45) is 8.51. The van der Waals surface area contributed by atoms with Crippen molar-refractivity contribution in [1.29, 1.82) is 0 Å². The van der Waals surface area contributed by atoms with Crippen LogP contribution in [0, 0.1) is 5.92 Å². The van der Waals surface area contributed by atoms with Gasteiger partial charge in [-0.3, -0.25) is 14.6 Å². The number of aliphatic carboxylic acids is 1. The molecule has 2 unspecified atom stereocenters. The minimum atomic E-state index is -4.09. The number of thiophene rings is 2. The number of sulfonamides is 1. The maximum absolute atomic E-state index is 12.6. The first kappa shape index (κ1) is 25.7. The third-order valence-corrected chi connectivity index (χ3v) is 9.84. The van der Waals surface area contributed by atoms with Crippen LogP contribution in [0.4, 0.5) is 0 Å². The van der Waals surface area contributed by atoms with Gasteiger partial charge in [-0.05, 0) is 75.4 Å². The van der Waals surface area contributed by atoms with Gasteiger partial charge >= 0.3 is 5.97 Å². The summed E-state index contributed by atoms with van der Waals surface area (Å²) >= 11 is 3.05. The molecule has 0 aliphatic carbocycles. The lowest BCUT2D eigenvalue weighted by atomic mass is 9.94. The van der Waals surface area contributed by atoms with Crippen LogP contribution in [0.15, 0.2) is 41.6 Å². The molecule has 4 N–H and O–H groups in total. The molecule has 0 radical (unpaired) electrons. The summed E-state index contributed by atoms with van der Waals surface area (Å²) in [6.45, 7) is 1.86. The van der Waals surface area contributed by atoms with Crippen LogP contribution in [0.25, 0.3) is 9.40 Å². The first-order chi connectivity index (χ1) is 16.8. The first-order valence-corrected chi connectivity index (χ1v) is 14.6. The highest BCUT2D eigenvalue weighted by Crippen LogP contribution is 2.34. The van der Waals surface area contributed by atoms with E-state index in [1.165, 1.54) is 53.8 Å². The van der Waals surface area contributed by atoms with E-state index in [2.05, 4.69) is 26.4 Å². The van der Waals surface area contributed by atoms with Gasteiger partial charge in [0.15, 0.2) is 0 Å². The summed E-state index contributed by atoms with van der Waals surface area (Å²) in [4.78, 5) is 29.6. The number of aromatic nitrogens is 1. The molecule has 3 aromatic rings. The number of hydrogen-bond donors (Lipinski definition) is 4. The van der Waals surface area contributed by atoms with Gasteiger partial charge in [0.1, 0.15) is 10.9 Å². The van der Waals surface area contributed by atoms with Crippen LogP contribution >= 0.6 is 22.7 Å². The summed E-state index contributed by atoms with van der Waals surface area (Å²) in [5.41, 5.74) is 0. The van der Waals surface area contributed by atoms with Crippen molar-refractivity contribution in [3.8, 4) is 0 Å². The highest BCUT2D eigenvalue weighted by atomic mass is 32.2. The zero-order chi connectivity index (χ0) is 24.8. The van der Waals surface area contributed by atoms with Crippen LogP contribution in [0.3, 0.4) is 0 Å². The Balaban J connectivity index is 1.31. The minimum Gasteiger partial charge on any atom is -0.480 e. The Kier molecular flexibility index (Phi) is 8.50. The third-order valence-electron chi connectivity index (χ3n) is 5.93. The largest absolute Gasteiger partial charge is 0.480 e. The predicted molar refractivity (Wildman–Crippen MR) is 137 cm³/mol. The van der Waals surface area contributed by atoms with Crippen molar-refractivity contribution in [3.63, 3.8) is 0 Å². The number of nitrogens with zero attached hydrogens (tertiary/aromatic N) is 1. The fourth-order valence-electron chi connectivity index (χ4n) is 4.08. The molecule has 188 valence electrons. The zero-order valence-electron chi connectivity index (χ0n) is 19.0. The Morgan fingerprint density at radius 1 is 1.29 bits per heavy atom. The number of carbonyl (C=O) groups is 2. The van der Waals surface area contributed by atoms with E-state index >= 15 is 0 Å². The number of pyridine rings is 1. The molecule has 1 aliphatic heterocycles. The van der Waals surface area contributed by atoms with E-state index in [0.717, 1.165) is 47.4 Å². The number of hydrogen-bond acceptors (Lipinski definition) is 8. The average molecular weight is 537 g/mol. The lowest BCUT2D eigenvalue weighted by molar-refractivity contribution is -0.138. The summed E-state index contributed by atoms with van der Waals surface area (Å²) in [5.74, 6) is -1.06. The van der Waals surface area contributed by atoms with E-state index in [1.807, 2.05) is 0 Å². The number of rotatable bonds is 11. The van der Waals surface area contributed by atoms with Gasteiger partial charge in [-0.25, -0.2) is 8.42 Å². The molecule has 35 heavy (non-hydrogen) atoms. The third kappa shape index (κ3) is 6.85. The molecule has 3 aromatic heterocycles. The smallest absolute Gasteiger partial charge is 0.323 e. The van der Waals surface area contributed by atoms with Crippen LogP contribution in [0.5, 0.6) is 0 Å². The first-order valence-electron chi connectivity index (χ1n) is 11.5. The Bertz CT molecular complexity index is 1240. The molecular formula is C23H28N4O5S3. The molecule has 1 fully saturated rings. The maximum Gasteiger partial charge on any atom is 0.323 e. The summed E-state index contributed by atoms with van der Waals surface area (Å²) < 4.78 is 28.0. The summed E-state index contributed by atoms with van der Waals surface area (Å²) in [5, 5.41) is 16.4. The fraction of sp³-hybridized carbons (Fsp3) is 0.435. The Hall–Kier alpha value is -2.38. The summed E-state index contributed by atoms with van der Waals surface area (Å²) in [7, 11) is -4.09. The second-order valence-electron chi connectivity index (χ2n) is 8.58. The Morgan fingerprint density at radius 3 is 2.83 bits per heavy atom. The topological polar surface area (TPSA) is 137 Å². The molecule has 12 heteroatoms. The molecule has 1 aliphatic rings. The van der Waals surface area contributed by atoms with Crippen LogP contribution in [0.2, 0.25) is 0 Å².